The van der Waals surface area contributed by atoms with Crippen LogP contribution in [0.4, 0.5) is 0 Å². The lowest BCUT2D eigenvalue weighted by Gasteiger charge is -2.24. The van der Waals surface area contributed by atoms with Crippen LogP contribution in [0.25, 0.3) is 0 Å². The van der Waals surface area contributed by atoms with Crippen LogP contribution in [0.1, 0.15) is 233 Å². The summed E-state index contributed by atoms with van der Waals surface area (Å²) < 4.78 is 5.87. The SMILES string of the molecule is CC/C=C/C/C=C/C/C=C/C/C=C/C/C=C/CCC(=O)OC(CCC/C=C\C/C=C\C/C=C\C/C=C\CCCCC)CC(=O)NC(CO)C(O)CCCCCCCCCCCCCCCC. The second kappa shape index (κ2) is 52.5. The Labute approximate surface area is 407 Å². The van der Waals surface area contributed by atoms with E-state index in [4.69, 9.17) is 4.74 Å². The maximum absolute atomic E-state index is 13.2. The zero-order valence-corrected chi connectivity index (χ0v) is 42.8. The van der Waals surface area contributed by atoms with E-state index in [2.05, 4.69) is 129 Å². The monoisotopic (exact) mass is 916 g/mol. The summed E-state index contributed by atoms with van der Waals surface area (Å²) in [6.07, 6.45) is 71.6. The molecule has 0 heterocycles. The van der Waals surface area contributed by atoms with E-state index >= 15 is 0 Å². The molecule has 0 aromatic rings. The van der Waals surface area contributed by atoms with Crippen molar-refractivity contribution in [3.63, 3.8) is 0 Å². The number of aliphatic hydroxyl groups is 2. The largest absolute Gasteiger partial charge is 0.462 e. The second-order valence-corrected chi connectivity index (χ2v) is 17.9. The average Bonchev–Trinajstić information content (AvgIpc) is 3.31. The minimum atomic E-state index is -0.821. The number of hydrogen-bond acceptors (Lipinski definition) is 5. The van der Waals surface area contributed by atoms with E-state index in [0.717, 1.165) is 83.5 Å². The summed E-state index contributed by atoms with van der Waals surface area (Å²) in [4.78, 5) is 26.2. The van der Waals surface area contributed by atoms with E-state index in [1.165, 1.54) is 96.3 Å². The van der Waals surface area contributed by atoms with Crippen LogP contribution in [0.5, 0.6) is 0 Å². The van der Waals surface area contributed by atoms with Crippen LogP contribution >= 0.6 is 0 Å². The molecule has 0 aliphatic rings. The van der Waals surface area contributed by atoms with E-state index < -0.39 is 18.2 Å². The van der Waals surface area contributed by atoms with Gasteiger partial charge >= 0.3 is 5.97 Å². The van der Waals surface area contributed by atoms with Gasteiger partial charge in [0.1, 0.15) is 6.10 Å². The molecule has 6 heteroatoms. The second-order valence-electron chi connectivity index (χ2n) is 17.9. The molecule has 0 saturated carbocycles. The number of ether oxygens (including phenoxy) is 1. The summed E-state index contributed by atoms with van der Waals surface area (Å²) in [7, 11) is 0. The Hall–Kier alpha value is -3.48. The maximum Gasteiger partial charge on any atom is 0.306 e. The molecule has 376 valence electrons. The van der Waals surface area contributed by atoms with E-state index in [9.17, 15) is 19.8 Å². The molecule has 0 radical (unpaired) electrons. The minimum Gasteiger partial charge on any atom is -0.462 e. The molecule has 0 fully saturated rings. The Morgan fingerprint density at radius 2 is 0.833 bits per heavy atom. The highest BCUT2D eigenvalue weighted by Crippen LogP contribution is 2.16. The summed E-state index contributed by atoms with van der Waals surface area (Å²) in [6, 6.07) is -0.741. The van der Waals surface area contributed by atoms with Gasteiger partial charge in [0.25, 0.3) is 0 Å². The molecular weight excluding hydrogens is 815 g/mol. The van der Waals surface area contributed by atoms with Crippen LogP contribution in [0.3, 0.4) is 0 Å². The molecule has 0 rings (SSSR count). The Balaban J connectivity index is 4.81. The van der Waals surface area contributed by atoms with E-state index in [1.807, 2.05) is 6.08 Å². The fraction of sp³-hybridized carbons (Fsp3) is 0.667. The van der Waals surface area contributed by atoms with Gasteiger partial charge in [0, 0.05) is 6.42 Å². The number of aliphatic hydroxyl groups excluding tert-OH is 2. The van der Waals surface area contributed by atoms with Crippen LogP contribution < -0.4 is 5.32 Å². The van der Waals surface area contributed by atoms with Crippen molar-refractivity contribution in [3.05, 3.63) is 109 Å². The van der Waals surface area contributed by atoms with Gasteiger partial charge in [-0.15, -0.1) is 0 Å². The number of carbonyl (C=O) groups excluding carboxylic acids is 2. The van der Waals surface area contributed by atoms with Crippen LogP contribution in [-0.2, 0) is 14.3 Å². The first-order valence-corrected chi connectivity index (χ1v) is 27.1. The predicted molar refractivity (Wildman–Crippen MR) is 287 cm³/mol. The zero-order valence-electron chi connectivity index (χ0n) is 42.8. The number of rotatable bonds is 47. The first-order chi connectivity index (χ1) is 32.5. The highest BCUT2D eigenvalue weighted by Gasteiger charge is 2.23. The summed E-state index contributed by atoms with van der Waals surface area (Å²) >= 11 is 0. The van der Waals surface area contributed by atoms with Crippen molar-refractivity contribution in [1.29, 1.82) is 0 Å². The third-order valence-electron chi connectivity index (χ3n) is 11.6. The molecule has 0 aliphatic carbocycles. The third-order valence-corrected chi connectivity index (χ3v) is 11.6. The number of allylic oxidation sites excluding steroid dienone is 18. The molecular formula is C60H101NO5. The van der Waals surface area contributed by atoms with Crippen LogP contribution in [0.2, 0.25) is 0 Å². The molecule has 3 atom stereocenters. The van der Waals surface area contributed by atoms with Gasteiger partial charge in [-0.1, -0.05) is 233 Å². The highest BCUT2D eigenvalue weighted by molar-refractivity contribution is 5.77. The smallest absolute Gasteiger partial charge is 0.306 e. The molecule has 0 spiro atoms. The average molecular weight is 916 g/mol. The van der Waals surface area contributed by atoms with Crippen molar-refractivity contribution in [2.75, 3.05) is 6.61 Å². The van der Waals surface area contributed by atoms with Gasteiger partial charge in [0.05, 0.1) is 25.2 Å². The van der Waals surface area contributed by atoms with Crippen molar-refractivity contribution in [3.8, 4) is 0 Å². The standard InChI is InChI=1S/C60H101NO5/c1-4-7-10-13-16-19-22-25-28-30-31-33-36-39-42-45-48-51-56(66-60(65)53-50-47-44-41-38-35-32-29-26-23-20-17-14-11-8-5-2)54-59(64)61-57(55-62)58(63)52-49-46-43-40-37-34-27-24-21-18-15-12-9-6-3/h8,11,16-17,19-20,25-26,28-29,31,33,35,38-39,42,44,47,56-58,62-63H,4-7,9-10,12-15,18,21-24,27,30,32,34,36-37,40-41,43,45-46,48-55H2,1-3H3,(H,61,64)/b11-8+,19-16-,20-17+,28-25-,29-26+,33-31-,38-35+,42-39-,47-44+. The summed E-state index contributed by atoms with van der Waals surface area (Å²) in [5.41, 5.74) is 0. The number of esters is 1. The molecule has 0 bridgehead atoms. The third kappa shape index (κ3) is 47.0. The number of carbonyl (C=O) groups is 2. The Morgan fingerprint density at radius 1 is 0.455 bits per heavy atom. The van der Waals surface area contributed by atoms with Gasteiger partial charge in [0.15, 0.2) is 0 Å². The molecule has 0 saturated heterocycles. The van der Waals surface area contributed by atoms with E-state index in [-0.39, 0.29) is 31.3 Å². The summed E-state index contributed by atoms with van der Waals surface area (Å²) in [5, 5.41) is 23.8. The molecule has 0 aromatic heterocycles. The number of hydrogen-bond donors (Lipinski definition) is 3. The van der Waals surface area contributed by atoms with E-state index in [1.54, 1.807) is 0 Å². The van der Waals surface area contributed by atoms with Crippen molar-refractivity contribution < 1.29 is 24.5 Å². The van der Waals surface area contributed by atoms with Gasteiger partial charge in [-0.3, -0.25) is 9.59 Å². The first kappa shape index (κ1) is 62.5. The van der Waals surface area contributed by atoms with Crippen molar-refractivity contribution in [2.45, 2.75) is 251 Å². The Kier molecular flexibility index (Phi) is 49.7. The van der Waals surface area contributed by atoms with Gasteiger partial charge in [-0.25, -0.2) is 0 Å². The van der Waals surface area contributed by atoms with Crippen molar-refractivity contribution in [2.24, 2.45) is 0 Å². The van der Waals surface area contributed by atoms with Crippen LogP contribution in [0.15, 0.2) is 109 Å². The molecule has 0 aliphatic heterocycles. The van der Waals surface area contributed by atoms with Crippen LogP contribution in [-0.4, -0.2) is 46.9 Å². The van der Waals surface area contributed by atoms with Crippen molar-refractivity contribution in [1.82, 2.24) is 5.32 Å². The quantitative estimate of drug-likeness (QED) is 0.0321. The first-order valence-electron chi connectivity index (χ1n) is 27.1. The minimum absolute atomic E-state index is 0.00407. The molecule has 3 unspecified atom stereocenters. The number of amides is 1. The molecule has 0 aromatic carbocycles. The number of unbranched alkanes of at least 4 members (excludes halogenated alkanes) is 17. The molecule has 6 nitrogen and oxygen atoms in total. The lowest BCUT2D eigenvalue weighted by molar-refractivity contribution is -0.150. The molecule has 3 N–H and O–H groups in total. The normalized spacial score (nSPS) is 14.1. The highest BCUT2D eigenvalue weighted by atomic mass is 16.5. The van der Waals surface area contributed by atoms with Gasteiger partial charge in [-0.2, -0.15) is 0 Å². The van der Waals surface area contributed by atoms with Crippen LogP contribution in [0, 0.1) is 0 Å². The van der Waals surface area contributed by atoms with E-state index in [0.29, 0.717) is 19.3 Å². The zero-order chi connectivity index (χ0) is 48.1. The summed E-state index contributed by atoms with van der Waals surface area (Å²) in [5.74, 6) is -0.634. The van der Waals surface area contributed by atoms with Gasteiger partial charge < -0.3 is 20.3 Å². The number of nitrogens with one attached hydrogen (secondary N) is 1. The van der Waals surface area contributed by atoms with Crippen molar-refractivity contribution >= 4 is 11.9 Å². The molecule has 1 amide bonds. The molecule has 66 heavy (non-hydrogen) atoms. The van der Waals surface area contributed by atoms with Gasteiger partial charge in [-0.05, 0) is 96.3 Å². The fourth-order valence-corrected chi connectivity index (χ4v) is 7.53. The van der Waals surface area contributed by atoms with Gasteiger partial charge in [0.2, 0.25) is 5.91 Å². The maximum atomic E-state index is 13.2. The Bertz CT molecular complexity index is 1350. The topological polar surface area (TPSA) is 95.9 Å². The fourth-order valence-electron chi connectivity index (χ4n) is 7.53. The summed E-state index contributed by atoms with van der Waals surface area (Å²) in [6.45, 7) is 6.31. The Morgan fingerprint density at radius 3 is 1.27 bits per heavy atom. The lowest BCUT2D eigenvalue weighted by atomic mass is 10.0. The lowest BCUT2D eigenvalue weighted by Crippen LogP contribution is -2.46. The predicted octanol–water partition coefficient (Wildman–Crippen LogP) is 16.7.